The molecule has 0 bridgehead atoms. The summed E-state index contributed by atoms with van der Waals surface area (Å²) in [5, 5.41) is 35.7. The van der Waals surface area contributed by atoms with Gasteiger partial charge in [-0.15, -0.1) is 11.3 Å². The van der Waals surface area contributed by atoms with Crippen molar-refractivity contribution in [2.75, 3.05) is 18.4 Å². The number of rotatable bonds is 6. The Bertz CT molecular complexity index is 1060. The van der Waals surface area contributed by atoms with Crippen LogP contribution in [0.2, 0.25) is 4.34 Å². The molecular formula is C22H22ClN3O8S. The number of thiophene rings is 1. The van der Waals surface area contributed by atoms with Gasteiger partial charge in [-0.05, 0) is 6.07 Å². The molecule has 0 saturated carbocycles. The first-order chi connectivity index (χ1) is 16.5. The van der Waals surface area contributed by atoms with E-state index < -0.39 is 23.9 Å². The Morgan fingerprint density at radius 3 is 1.89 bits per heavy atom. The van der Waals surface area contributed by atoms with Gasteiger partial charge >= 0.3 is 23.9 Å². The van der Waals surface area contributed by atoms with Crippen LogP contribution in [0, 0.1) is 0 Å². The van der Waals surface area contributed by atoms with Crippen LogP contribution in [-0.4, -0.2) is 69.1 Å². The van der Waals surface area contributed by atoms with E-state index in [4.69, 9.17) is 42.8 Å². The standard InChI is InChI=1S/C14H14ClN3S.2C4H4O4/c15-12-6-11-13(9-4-2-1-3-5-9)17-8-10(7-16)18-14(11)19-12;2*5-3(6)1-2-4(7)8/h1-6,10,18H,7-8,16H2;2*1-2H,(H,5,6)(H,7,8)/b;2*2-1-. The first-order valence-electron chi connectivity index (χ1n) is 9.67. The zero-order valence-electron chi connectivity index (χ0n) is 18.0. The third-order valence-electron chi connectivity index (χ3n) is 3.83. The van der Waals surface area contributed by atoms with E-state index in [0.29, 0.717) is 37.4 Å². The molecular weight excluding hydrogens is 502 g/mol. The summed E-state index contributed by atoms with van der Waals surface area (Å²) in [5.74, 6) is -5.03. The summed E-state index contributed by atoms with van der Waals surface area (Å²) in [4.78, 5) is 42.9. The molecule has 3 rings (SSSR count). The summed E-state index contributed by atoms with van der Waals surface area (Å²) < 4.78 is 0.763. The first kappa shape index (κ1) is 29.0. The number of halogens is 1. The van der Waals surface area contributed by atoms with Crippen LogP contribution in [0.1, 0.15) is 11.1 Å². The highest BCUT2D eigenvalue weighted by atomic mass is 35.5. The first-order valence-corrected chi connectivity index (χ1v) is 10.9. The van der Waals surface area contributed by atoms with Gasteiger partial charge in [-0.25, -0.2) is 19.2 Å². The monoisotopic (exact) mass is 523 g/mol. The molecule has 0 spiro atoms. The molecule has 35 heavy (non-hydrogen) atoms. The molecule has 1 aromatic heterocycles. The number of nitrogens with zero attached hydrogens (tertiary/aromatic N) is 1. The fourth-order valence-corrected chi connectivity index (χ4v) is 3.63. The maximum absolute atomic E-state index is 9.55. The molecule has 1 aliphatic rings. The molecule has 0 saturated heterocycles. The van der Waals surface area contributed by atoms with E-state index in [0.717, 1.165) is 26.2 Å². The lowest BCUT2D eigenvalue weighted by atomic mass is 10.0. The Kier molecular flexibility index (Phi) is 12.4. The number of aliphatic carboxylic acids is 4. The van der Waals surface area contributed by atoms with Crippen molar-refractivity contribution >= 4 is 57.5 Å². The van der Waals surface area contributed by atoms with E-state index in [1.165, 1.54) is 11.3 Å². The lowest BCUT2D eigenvalue weighted by Crippen LogP contribution is -2.30. The molecule has 0 aliphatic carbocycles. The topological polar surface area (TPSA) is 200 Å². The highest BCUT2D eigenvalue weighted by molar-refractivity contribution is 7.20. The second-order valence-electron chi connectivity index (χ2n) is 6.45. The fourth-order valence-electron chi connectivity index (χ4n) is 2.42. The minimum atomic E-state index is -1.26. The van der Waals surface area contributed by atoms with Gasteiger partial charge in [-0.3, -0.25) is 4.99 Å². The Morgan fingerprint density at radius 2 is 1.46 bits per heavy atom. The van der Waals surface area contributed by atoms with Crippen LogP contribution in [0.4, 0.5) is 5.00 Å². The van der Waals surface area contributed by atoms with Gasteiger partial charge in [0.05, 0.1) is 27.6 Å². The number of carboxylic acids is 4. The Morgan fingerprint density at radius 1 is 0.971 bits per heavy atom. The highest BCUT2D eigenvalue weighted by Gasteiger charge is 2.21. The average molecular weight is 524 g/mol. The van der Waals surface area contributed by atoms with E-state index in [1.807, 2.05) is 24.3 Å². The van der Waals surface area contributed by atoms with Crippen LogP contribution in [0.25, 0.3) is 0 Å². The van der Waals surface area contributed by atoms with E-state index in [2.05, 4.69) is 17.4 Å². The zero-order chi connectivity index (χ0) is 26.4. The molecule has 2 aromatic rings. The number of nitrogens with two attached hydrogens (primary N) is 1. The minimum Gasteiger partial charge on any atom is -0.478 e. The summed E-state index contributed by atoms with van der Waals surface area (Å²) >= 11 is 7.68. The van der Waals surface area contributed by atoms with Gasteiger partial charge in [0.15, 0.2) is 0 Å². The third-order valence-corrected chi connectivity index (χ3v) is 5.03. The largest absolute Gasteiger partial charge is 0.478 e. The number of carbonyl (C=O) groups is 4. The van der Waals surface area contributed by atoms with Crippen molar-refractivity contribution in [2.45, 2.75) is 6.04 Å². The molecule has 2 heterocycles. The van der Waals surface area contributed by atoms with Crippen molar-refractivity contribution in [1.29, 1.82) is 0 Å². The van der Waals surface area contributed by atoms with Crippen LogP contribution in [0.3, 0.4) is 0 Å². The number of anilines is 1. The van der Waals surface area contributed by atoms with E-state index in [1.54, 1.807) is 0 Å². The summed E-state index contributed by atoms with van der Waals surface area (Å²) in [7, 11) is 0. The smallest absolute Gasteiger partial charge is 0.328 e. The molecule has 1 aliphatic heterocycles. The van der Waals surface area contributed by atoms with Gasteiger partial charge in [-0.1, -0.05) is 41.9 Å². The van der Waals surface area contributed by atoms with Crippen LogP contribution in [0.5, 0.6) is 0 Å². The Balaban J connectivity index is 0.000000320. The molecule has 7 N–H and O–H groups in total. The highest BCUT2D eigenvalue weighted by Crippen LogP contribution is 2.35. The number of benzene rings is 1. The molecule has 0 fully saturated rings. The van der Waals surface area contributed by atoms with Gasteiger partial charge in [0.2, 0.25) is 0 Å². The SMILES string of the molecule is NCC1CN=C(c2ccccc2)c2cc(Cl)sc2N1.O=C(O)/C=C\C(=O)O.O=C(O)/C=C\C(=O)O. The van der Waals surface area contributed by atoms with Gasteiger partial charge in [-0.2, -0.15) is 0 Å². The van der Waals surface area contributed by atoms with Crippen LogP contribution in [-0.2, 0) is 19.2 Å². The molecule has 1 atom stereocenters. The maximum Gasteiger partial charge on any atom is 0.328 e. The van der Waals surface area contributed by atoms with Crippen LogP contribution in [0.15, 0.2) is 65.7 Å². The summed E-state index contributed by atoms with van der Waals surface area (Å²) in [6.45, 7) is 1.24. The number of fused-ring (bicyclic) bond motifs is 1. The van der Waals surface area contributed by atoms with Gasteiger partial charge in [0.25, 0.3) is 0 Å². The Labute approximate surface area is 208 Å². The summed E-state index contributed by atoms with van der Waals surface area (Å²) in [6.07, 6.45) is 2.23. The van der Waals surface area contributed by atoms with Gasteiger partial charge < -0.3 is 31.5 Å². The van der Waals surface area contributed by atoms with E-state index in [9.17, 15) is 19.2 Å². The average Bonchev–Trinajstić information content (AvgIpc) is 3.07. The second-order valence-corrected chi connectivity index (χ2v) is 8.13. The van der Waals surface area contributed by atoms with Crippen molar-refractivity contribution in [3.05, 3.63) is 76.2 Å². The van der Waals surface area contributed by atoms with Gasteiger partial charge in [0, 0.05) is 42.0 Å². The van der Waals surface area contributed by atoms with E-state index in [-0.39, 0.29) is 6.04 Å². The van der Waals surface area contributed by atoms with Crippen molar-refractivity contribution in [1.82, 2.24) is 0 Å². The summed E-state index contributed by atoms with van der Waals surface area (Å²) in [6, 6.07) is 12.3. The van der Waals surface area contributed by atoms with Crippen molar-refractivity contribution in [3.8, 4) is 0 Å². The number of nitrogens with one attached hydrogen (secondary N) is 1. The predicted molar refractivity (Wildman–Crippen MR) is 132 cm³/mol. The predicted octanol–water partition coefficient (Wildman–Crippen LogP) is 2.42. The minimum absolute atomic E-state index is 0.162. The summed E-state index contributed by atoms with van der Waals surface area (Å²) in [5.41, 5.74) is 8.92. The molecule has 1 unspecified atom stereocenters. The number of aliphatic imine (C=N–C) groups is 1. The molecule has 13 heteroatoms. The zero-order valence-corrected chi connectivity index (χ0v) is 19.6. The van der Waals surface area contributed by atoms with Crippen molar-refractivity contribution < 1.29 is 39.6 Å². The molecule has 0 amide bonds. The van der Waals surface area contributed by atoms with Crippen LogP contribution >= 0.6 is 22.9 Å². The van der Waals surface area contributed by atoms with Gasteiger partial charge in [0.1, 0.15) is 0 Å². The number of carboxylic acid groups (broad SMARTS) is 4. The van der Waals surface area contributed by atoms with Crippen molar-refractivity contribution in [2.24, 2.45) is 10.7 Å². The molecule has 186 valence electrons. The number of hydrogen-bond acceptors (Lipinski definition) is 8. The quantitative estimate of drug-likeness (QED) is 0.305. The molecule has 1 aromatic carbocycles. The third kappa shape index (κ3) is 11.6. The molecule has 11 nitrogen and oxygen atoms in total. The van der Waals surface area contributed by atoms with E-state index >= 15 is 0 Å². The lowest BCUT2D eigenvalue weighted by Gasteiger charge is -2.12. The van der Waals surface area contributed by atoms with Crippen LogP contribution < -0.4 is 11.1 Å². The normalized spacial score (nSPS) is 14.2. The Hall–Kier alpha value is -4.00. The fraction of sp³-hybridized carbons (Fsp3) is 0.136. The van der Waals surface area contributed by atoms with Crippen molar-refractivity contribution in [3.63, 3.8) is 0 Å². The second kappa shape index (κ2) is 15.0. The maximum atomic E-state index is 9.55. The lowest BCUT2D eigenvalue weighted by molar-refractivity contribution is -0.134. The molecule has 0 radical (unpaired) electrons. The number of hydrogen-bond donors (Lipinski definition) is 6.